The van der Waals surface area contributed by atoms with E-state index in [1.165, 1.54) is 0 Å². The lowest BCUT2D eigenvalue weighted by Crippen LogP contribution is -2.37. The van der Waals surface area contributed by atoms with Gasteiger partial charge in [-0.15, -0.1) is 0 Å². The summed E-state index contributed by atoms with van der Waals surface area (Å²) in [4.78, 5) is 24.1. The van der Waals surface area contributed by atoms with E-state index >= 15 is 0 Å². The summed E-state index contributed by atoms with van der Waals surface area (Å²) in [5.41, 5.74) is 7.24. The van der Waals surface area contributed by atoms with Crippen LogP contribution in [0.2, 0.25) is 0 Å². The second kappa shape index (κ2) is 10.8. The normalized spacial score (nSPS) is 12.4. The fourth-order valence-corrected chi connectivity index (χ4v) is 3.27. The van der Waals surface area contributed by atoms with Crippen LogP contribution < -0.4 is 21.1 Å². The van der Waals surface area contributed by atoms with Crippen molar-refractivity contribution < 1.29 is 14.3 Å². The highest BCUT2D eigenvalue weighted by Crippen LogP contribution is 2.26. The quantitative estimate of drug-likeness (QED) is 0.479. The van der Waals surface area contributed by atoms with E-state index in [1.54, 1.807) is 6.07 Å². The molecule has 160 valence electrons. The largest absolute Gasteiger partial charge is 0.457 e. The van der Waals surface area contributed by atoms with Gasteiger partial charge in [-0.3, -0.25) is 4.79 Å². The highest BCUT2D eigenvalue weighted by Gasteiger charge is 2.19. The topological polar surface area (TPSA) is 93.5 Å². The molecule has 0 saturated heterocycles. The maximum Gasteiger partial charge on any atom is 0.312 e. The number of hydrogen-bond acceptors (Lipinski definition) is 3. The SMILES string of the molecule is C[C@H](CNC(=O)C[C@@H](NC(N)=O)c1cccc(Oc2ccccc2)c1)c1ccccc1. The van der Waals surface area contributed by atoms with Gasteiger partial charge in [0.05, 0.1) is 12.5 Å². The molecule has 0 aromatic heterocycles. The zero-order chi connectivity index (χ0) is 22.1. The summed E-state index contributed by atoms with van der Waals surface area (Å²) in [7, 11) is 0. The van der Waals surface area contributed by atoms with Crippen molar-refractivity contribution in [3.8, 4) is 11.5 Å². The number of nitrogens with one attached hydrogen (secondary N) is 2. The van der Waals surface area contributed by atoms with Crippen molar-refractivity contribution in [2.75, 3.05) is 6.54 Å². The molecular weight excluding hydrogens is 390 g/mol. The number of para-hydroxylation sites is 1. The van der Waals surface area contributed by atoms with E-state index in [0.717, 1.165) is 11.1 Å². The van der Waals surface area contributed by atoms with Gasteiger partial charge in [0.25, 0.3) is 0 Å². The van der Waals surface area contributed by atoms with Gasteiger partial charge >= 0.3 is 6.03 Å². The van der Waals surface area contributed by atoms with Crippen LogP contribution in [0.5, 0.6) is 11.5 Å². The minimum atomic E-state index is -0.690. The van der Waals surface area contributed by atoms with Crippen molar-refractivity contribution in [3.63, 3.8) is 0 Å². The molecule has 0 saturated carbocycles. The van der Waals surface area contributed by atoms with E-state index in [2.05, 4.69) is 17.6 Å². The van der Waals surface area contributed by atoms with Crippen LogP contribution in [-0.2, 0) is 4.79 Å². The number of nitrogens with two attached hydrogens (primary N) is 1. The predicted molar refractivity (Wildman–Crippen MR) is 121 cm³/mol. The summed E-state index contributed by atoms with van der Waals surface area (Å²) in [5, 5.41) is 5.61. The molecule has 31 heavy (non-hydrogen) atoms. The molecule has 0 aliphatic rings. The first-order valence-corrected chi connectivity index (χ1v) is 10.2. The average Bonchev–Trinajstić information content (AvgIpc) is 2.78. The third-order valence-electron chi connectivity index (χ3n) is 4.92. The minimum absolute atomic E-state index is 0.0687. The van der Waals surface area contributed by atoms with Crippen molar-refractivity contribution in [2.45, 2.75) is 25.3 Å². The molecule has 3 rings (SSSR count). The Bertz CT molecular complexity index is 993. The molecule has 0 fully saturated rings. The Balaban J connectivity index is 1.65. The van der Waals surface area contributed by atoms with Gasteiger partial charge in [0.15, 0.2) is 0 Å². The molecule has 0 aliphatic carbocycles. The van der Waals surface area contributed by atoms with E-state index in [1.807, 2.05) is 78.9 Å². The first-order chi connectivity index (χ1) is 15.0. The molecule has 0 heterocycles. The van der Waals surface area contributed by atoms with Gasteiger partial charge in [0, 0.05) is 6.54 Å². The van der Waals surface area contributed by atoms with Gasteiger partial charge < -0.3 is 21.1 Å². The lowest BCUT2D eigenvalue weighted by atomic mass is 10.0. The second-order valence-corrected chi connectivity index (χ2v) is 7.37. The fraction of sp³-hybridized carbons (Fsp3) is 0.200. The number of carbonyl (C=O) groups is 2. The standard InChI is InChI=1S/C25H27N3O3/c1-18(19-9-4-2-5-10-19)17-27-24(29)16-23(28-25(26)30)20-11-8-14-22(15-20)31-21-12-6-3-7-13-21/h2-15,18,23H,16-17H2,1H3,(H,27,29)(H3,26,28,30)/t18-,23-/m1/s1. The highest BCUT2D eigenvalue weighted by atomic mass is 16.5. The Kier molecular flexibility index (Phi) is 7.65. The van der Waals surface area contributed by atoms with E-state index in [9.17, 15) is 9.59 Å². The van der Waals surface area contributed by atoms with E-state index < -0.39 is 12.1 Å². The van der Waals surface area contributed by atoms with Gasteiger partial charge in [0.1, 0.15) is 11.5 Å². The van der Waals surface area contributed by atoms with E-state index in [4.69, 9.17) is 10.5 Å². The highest BCUT2D eigenvalue weighted by molar-refractivity contribution is 5.78. The molecule has 3 aromatic rings. The number of benzene rings is 3. The number of hydrogen-bond donors (Lipinski definition) is 3. The third-order valence-corrected chi connectivity index (χ3v) is 4.92. The summed E-state index contributed by atoms with van der Waals surface area (Å²) < 4.78 is 5.86. The Hall–Kier alpha value is -3.80. The Labute approximate surface area is 182 Å². The van der Waals surface area contributed by atoms with Crippen LogP contribution in [-0.4, -0.2) is 18.5 Å². The van der Waals surface area contributed by atoms with E-state index in [0.29, 0.717) is 18.0 Å². The number of urea groups is 1. The van der Waals surface area contributed by atoms with Crippen LogP contribution in [0.25, 0.3) is 0 Å². The molecule has 0 aliphatic heterocycles. The van der Waals surface area contributed by atoms with Gasteiger partial charge in [-0.05, 0) is 41.3 Å². The summed E-state index contributed by atoms with van der Waals surface area (Å²) in [6, 6.07) is 25.4. The summed E-state index contributed by atoms with van der Waals surface area (Å²) in [6.07, 6.45) is 0.0687. The molecule has 6 heteroatoms. The van der Waals surface area contributed by atoms with Gasteiger partial charge in [-0.25, -0.2) is 4.79 Å². The van der Waals surface area contributed by atoms with Crippen LogP contribution >= 0.6 is 0 Å². The van der Waals surface area contributed by atoms with Crippen LogP contribution in [0.15, 0.2) is 84.9 Å². The lowest BCUT2D eigenvalue weighted by Gasteiger charge is -2.19. The summed E-state index contributed by atoms with van der Waals surface area (Å²) >= 11 is 0. The maximum atomic E-state index is 12.6. The maximum absolute atomic E-state index is 12.6. The zero-order valence-corrected chi connectivity index (χ0v) is 17.5. The molecule has 3 aromatic carbocycles. The summed E-state index contributed by atoms with van der Waals surface area (Å²) in [6.45, 7) is 2.56. The average molecular weight is 418 g/mol. The lowest BCUT2D eigenvalue weighted by molar-refractivity contribution is -0.121. The molecule has 3 amide bonds. The van der Waals surface area contributed by atoms with Crippen LogP contribution in [0.3, 0.4) is 0 Å². The van der Waals surface area contributed by atoms with Gasteiger partial charge in [-0.1, -0.05) is 67.6 Å². The molecular formula is C25H27N3O3. The van der Waals surface area contributed by atoms with Gasteiger partial charge in [0.2, 0.25) is 5.91 Å². The first kappa shape index (κ1) is 21.9. The molecule has 0 unspecified atom stereocenters. The third kappa shape index (κ3) is 6.89. The minimum Gasteiger partial charge on any atom is -0.457 e. The molecule has 4 N–H and O–H groups in total. The molecule has 0 spiro atoms. The number of carbonyl (C=O) groups excluding carboxylic acids is 2. The van der Waals surface area contributed by atoms with Crippen molar-refractivity contribution in [3.05, 3.63) is 96.1 Å². The van der Waals surface area contributed by atoms with Crippen LogP contribution in [0.1, 0.15) is 36.4 Å². The number of primary amides is 1. The van der Waals surface area contributed by atoms with Crippen molar-refractivity contribution in [1.82, 2.24) is 10.6 Å². The molecule has 0 bridgehead atoms. The molecule has 0 radical (unpaired) electrons. The van der Waals surface area contributed by atoms with Crippen LogP contribution in [0.4, 0.5) is 4.79 Å². The smallest absolute Gasteiger partial charge is 0.312 e. The number of amides is 3. The Morgan fingerprint density at radius 1 is 0.871 bits per heavy atom. The second-order valence-electron chi connectivity index (χ2n) is 7.37. The van der Waals surface area contributed by atoms with E-state index in [-0.39, 0.29) is 18.2 Å². The van der Waals surface area contributed by atoms with Crippen molar-refractivity contribution in [2.24, 2.45) is 5.73 Å². The monoisotopic (exact) mass is 417 g/mol. The van der Waals surface area contributed by atoms with Crippen molar-refractivity contribution >= 4 is 11.9 Å². The zero-order valence-electron chi connectivity index (χ0n) is 17.5. The number of ether oxygens (including phenoxy) is 1. The van der Waals surface area contributed by atoms with Crippen molar-refractivity contribution in [1.29, 1.82) is 0 Å². The number of rotatable bonds is 9. The Morgan fingerprint density at radius 3 is 2.16 bits per heavy atom. The molecule has 2 atom stereocenters. The molecule has 6 nitrogen and oxygen atoms in total. The summed E-state index contributed by atoms with van der Waals surface area (Å²) in [5.74, 6) is 1.32. The fourth-order valence-electron chi connectivity index (χ4n) is 3.27. The van der Waals surface area contributed by atoms with Crippen LogP contribution in [0, 0.1) is 0 Å². The van der Waals surface area contributed by atoms with Gasteiger partial charge in [-0.2, -0.15) is 0 Å². The predicted octanol–water partition coefficient (Wildman–Crippen LogP) is 4.50. The first-order valence-electron chi connectivity index (χ1n) is 10.2. The Morgan fingerprint density at radius 2 is 1.48 bits per heavy atom.